The molecule has 0 amide bonds. The van der Waals surface area contributed by atoms with Gasteiger partial charge in [0, 0.05) is 7.11 Å². The van der Waals surface area contributed by atoms with Crippen LogP contribution < -0.4 is 0 Å². The molecule has 3 heteroatoms. The van der Waals surface area contributed by atoms with Crippen LogP contribution in [0.2, 0.25) is 19.6 Å². The summed E-state index contributed by atoms with van der Waals surface area (Å²) in [6, 6.07) is 4.03. The lowest BCUT2D eigenvalue weighted by molar-refractivity contribution is 0.161. The lowest BCUT2D eigenvalue weighted by atomic mass is 9.78. The Morgan fingerprint density at radius 1 is 1.23 bits per heavy atom. The highest BCUT2D eigenvalue weighted by molar-refractivity contribution is 6.81. The molecule has 0 saturated heterocycles. The zero-order valence-electron chi connectivity index (χ0n) is 14.1. The van der Waals surface area contributed by atoms with Gasteiger partial charge >= 0.3 is 0 Å². The van der Waals surface area contributed by atoms with Crippen molar-refractivity contribution in [3.63, 3.8) is 0 Å². The second-order valence-electron chi connectivity index (χ2n) is 6.91. The fraction of sp³-hybridized carbons (Fsp3) is 0.368. The van der Waals surface area contributed by atoms with E-state index in [2.05, 4.69) is 56.2 Å². The van der Waals surface area contributed by atoms with Crippen molar-refractivity contribution in [1.29, 1.82) is 0 Å². The Morgan fingerprint density at radius 2 is 1.91 bits per heavy atom. The van der Waals surface area contributed by atoms with Gasteiger partial charge in [-0.1, -0.05) is 55.7 Å². The molecular formula is C19H26O2Si. The lowest BCUT2D eigenvalue weighted by Gasteiger charge is -2.27. The molecule has 1 aliphatic carbocycles. The van der Waals surface area contributed by atoms with Crippen LogP contribution in [-0.4, -0.2) is 15.2 Å². The van der Waals surface area contributed by atoms with Crippen LogP contribution in [0.4, 0.5) is 0 Å². The summed E-state index contributed by atoms with van der Waals surface area (Å²) in [6.45, 7) is 11.4. The van der Waals surface area contributed by atoms with Crippen molar-refractivity contribution in [3.8, 4) is 0 Å². The topological polar surface area (TPSA) is 22.4 Å². The maximum Gasteiger partial charge on any atom is 0.129 e. The Morgan fingerprint density at radius 3 is 2.45 bits per heavy atom. The van der Waals surface area contributed by atoms with Gasteiger partial charge < -0.3 is 9.15 Å². The molecule has 0 radical (unpaired) electrons. The summed E-state index contributed by atoms with van der Waals surface area (Å²) < 4.78 is 11.1. The Bertz CT molecular complexity index is 596. The van der Waals surface area contributed by atoms with Gasteiger partial charge in [0.15, 0.2) is 0 Å². The summed E-state index contributed by atoms with van der Waals surface area (Å²) >= 11 is 0. The molecule has 0 N–H and O–H groups in total. The van der Waals surface area contributed by atoms with E-state index in [1.807, 2.05) is 18.2 Å². The van der Waals surface area contributed by atoms with E-state index in [0.717, 1.165) is 17.9 Å². The third-order valence-electron chi connectivity index (χ3n) is 3.64. The fourth-order valence-electron chi connectivity index (χ4n) is 2.68. The number of hydrogen-bond donors (Lipinski definition) is 0. The maximum atomic E-state index is 5.97. The molecule has 1 aliphatic rings. The lowest BCUT2D eigenvalue weighted by Crippen LogP contribution is -2.22. The molecule has 1 aromatic rings. The van der Waals surface area contributed by atoms with Crippen molar-refractivity contribution in [2.24, 2.45) is 0 Å². The molecule has 0 unspecified atom stereocenters. The Hall–Kier alpha value is -1.58. The van der Waals surface area contributed by atoms with Gasteiger partial charge in [-0.05, 0) is 24.1 Å². The van der Waals surface area contributed by atoms with E-state index >= 15 is 0 Å². The zero-order chi connectivity index (χ0) is 16.2. The first-order valence-corrected chi connectivity index (χ1v) is 11.3. The van der Waals surface area contributed by atoms with E-state index < -0.39 is 8.07 Å². The molecule has 1 aromatic heterocycles. The Kier molecular flexibility index (Phi) is 5.09. The molecule has 0 aromatic carbocycles. The molecule has 0 bridgehead atoms. The summed E-state index contributed by atoms with van der Waals surface area (Å²) in [4.78, 5) is 0. The normalized spacial score (nSPS) is 21.2. The largest absolute Gasteiger partial charge is 0.462 e. The molecule has 118 valence electrons. The summed E-state index contributed by atoms with van der Waals surface area (Å²) in [7, 11) is 0.456. The second-order valence-corrected chi connectivity index (χ2v) is 11.9. The molecule has 2 nitrogen and oxygen atoms in total. The van der Waals surface area contributed by atoms with Gasteiger partial charge in [-0.3, -0.25) is 0 Å². The first-order chi connectivity index (χ1) is 10.4. The molecule has 0 saturated carbocycles. The number of allylic oxidation sites excluding steroid dienone is 6. The van der Waals surface area contributed by atoms with Gasteiger partial charge in [0.25, 0.3) is 0 Å². The highest BCUT2D eigenvalue weighted by atomic mass is 28.3. The van der Waals surface area contributed by atoms with Crippen LogP contribution in [0, 0.1) is 0 Å². The van der Waals surface area contributed by atoms with Gasteiger partial charge in [-0.15, -0.1) is 6.58 Å². The van der Waals surface area contributed by atoms with Crippen molar-refractivity contribution in [2.75, 3.05) is 7.11 Å². The molecule has 0 spiro atoms. The quantitative estimate of drug-likeness (QED) is 0.534. The predicted octanol–water partition coefficient (Wildman–Crippen LogP) is 5.17. The molecule has 0 fully saturated rings. The number of methoxy groups -OCH3 is 1. The van der Waals surface area contributed by atoms with Crippen molar-refractivity contribution in [1.82, 2.24) is 0 Å². The summed E-state index contributed by atoms with van der Waals surface area (Å²) in [6.07, 6.45) is 11.6. The van der Waals surface area contributed by atoms with E-state index in [1.54, 1.807) is 7.11 Å². The van der Waals surface area contributed by atoms with Crippen molar-refractivity contribution in [3.05, 3.63) is 71.9 Å². The minimum Gasteiger partial charge on any atom is -0.462 e. The van der Waals surface area contributed by atoms with Gasteiger partial charge in [-0.25, -0.2) is 0 Å². The highest BCUT2D eigenvalue weighted by Crippen LogP contribution is 2.37. The second kappa shape index (κ2) is 6.67. The average Bonchev–Trinajstić information content (AvgIpc) is 2.90. The highest BCUT2D eigenvalue weighted by Gasteiger charge is 2.30. The Labute approximate surface area is 134 Å². The van der Waals surface area contributed by atoms with Crippen LogP contribution in [0.1, 0.15) is 17.9 Å². The van der Waals surface area contributed by atoms with Crippen molar-refractivity contribution < 1.29 is 9.15 Å². The van der Waals surface area contributed by atoms with Gasteiger partial charge in [-0.2, -0.15) is 0 Å². The Balaban J connectivity index is 2.32. The molecule has 0 aliphatic heterocycles. The third-order valence-corrected chi connectivity index (χ3v) is 4.83. The van der Waals surface area contributed by atoms with E-state index in [9.17, 15) is 0 Å². The minimum absolute atomic E-state index is 0.232. The van der Waals surface area contributed by atoms with Gasteiger partial charge in [0.2, 0.25) is 0 Å². The van der Waals surface area contributed by atoms with Gasteiger partial charge in [0.05, 0.1) is 13.5 Å². The monoisotopic (exact) mass is 314 g/mol. The molecule has 2 rings (SSSR count). The number of furan rings is 1. The summed E-state index contributed by atoms with van der Waals surface area (Å²) in [5.41, 5.74) is 3.48. The smallest absolute Gasteiger partial charge is 0.129 e. The number of rotatable bonds is 6. The average molecular weight is 315 g/mol. The molecule has 0 atom stereocenters. The standard InChI is InChI=1S/C19H26O2Si/c1-6-11-19(18-8-7-17(21-18)14-20-2)12-9-16(10-13-19)15-22(3,4)5/h6-10,12-13,15H,1,11,14H2,2-5H3. The van der Waals surface area contributed by atoms with Crippen molar-refractivity contribution >= 4 is 8.07 Å². The number of ether oxygens (including phenoxy) is 1. The van der Waals surface area contributed by atoms with Crippen LogP contribution >= 0.6 is 0 Å². The SMILES string of the molecule is C=CCC1(c2ccc(COC)o2)C=CC(=C[Si](C)(C)C)C=C1. The van der Waals surface area contributed by atoms with E-state index in [-0.39, 0.29) is 5.41 Å². The van der Waals surface area contributed by atoms with E-state index in [1.165, 1.54) is 5.57 Å². The van der Waals surface area contributed by atoms with E-state index in [0.29, 0.717) is 6.61 Å². The van der Waals surface area contributed by atoms with Gasteiger partial charge in [0.1, 0.15) is 18.1 Å². The molecule has 22 heavy (non-hydrogen) atoms. The predicted molar refractivity (Wildman–Crippen MR) is 95.6 cm³/mol. The van der Waals surface area contributed by atoms with Crippen LogP contribution in [0.5, 0.6) is 0 Å². The van der Waals surface area contributed by atoms with Crippen LogP contribution in [-0.2, 0) is 16.8 Å². The van der Waals surface area contributed by atoms with Crippen LogP contribution in [0.3, 0.4) is 0 Å². The maximum absolute atomic E-state index is 5.97. The van der Waals surface area contributed by atoms with Crippen LogP contribution in [0.15, 0.2) is 64.8 Å². The van der Waals surface area contributed by atoms with Crippen molar-refractivity contribution in [2.45, 2.75) is 38.1 Å². The summed E-state index contributed by atoms with van der Waals surface area (Å²) in [5, 5.41) is 0. The molecule has 1 heterocycles. The zero-order valence-corrected chi connectivity index (χ0v) is 15.1. The summed E-state index contributed by atoms with van der Waals surface area (Å²) in [5.74, 6) is 1.80. The van der Waals surface area contributed by atoms with Crippen LogP contribution in [0.25, 0.3) is 0 Å². The third kappa shape index (κ3) is 3.99. The minimum atomic E-state index is -1.22. The first-order valence-electron chi connectivity index (χ1n) is 7.69. The van der Waals surface area contributed by atoms with E-state index in [4.69, 9.17) is 9.15 Å². The number of hydrogen-bond acceptors (Lipinski definition) is 2. The molecular weight excluding hydrogens is 288 g/mol. The fourth-order valence-corrected chi connectivity index (χ4v) is 3.88. The first kappa shape index (κ1) is 16.8.